The Morgan fingerprint density at radius 1 is 1.17 bits per heavy atom. The van der Waals surface area contributed by atoms with E-state index in [1.165, 1.54) is 12.1 Å². The normalized spacial score (nSPS) is 13.6. The van der Waals surface area contributed by atoms with Gasteiger partial charge in [0.05, 0.1) is 22.8 Å². The van der Waals surface area contributed by atoms with Gasteiger partial charge in [0.15, 0.2) is 5.82 Å². The number of halogens is 1. The number of carbonyl (C=O) groups excluding carboxylic acids is 1. The molecule has 2 heterocycles. The van der Waals surface area contributed by atoms with Crippen LogP contribution in [0.15, 0.2) is 48.5 Å². The number of hydrogen-bond donors (Lipinski definition) is 1. The van der Waals surface area contributed by atoms with Crippen LogP contribution in [0, 0.1) is 12.7 Å². The summed E-state index contributed by atoms with van der Waals surface area (Å²) < 4.78 is 15.2. The van der Waals surface area contributed by atoms with Crippen molar-refractivity contribution in [3.63, 3.8) is 0 Å². The van der Waals surface area contributed by atoms with Crippen molar-refractivity contribution in [2.75, 3.05) is 5.32 Å². The minimum Gasteiger partial charge on any atom is -0.322 e. The van der Waals surface area contributed by atoms with Crippen LogP contribution in [0.1, 0.15) is 34.9 Å². The molecule has 0 spiro atoms. The summed E-state index contributed by atoms with van der Waals surface area (Å²) in [5, 5.41) is 15.6. The van der Waals surface area contributed by atoms with Crippen molar-refractivity contribution in [1.82, 2.24) is 25.2 Å². The third-order valence-corrected chi connectivity index (χ3v) is 4.98. The third-order valence-electron chi connectivity index (χ3n) is 4.98. The standard InChI is InChI=1S/C21H17FN6O/c1-12-18(10-13-5-6-15(22)11-19(13)23-12)21(29)24-16-4-2-3-14(9-16)20-25-26-27-28(20)17-7-8-17/h2-6,9-11,17H,7-8H2,1H3,(H,24,29). The summed E-state index contributed by atoms with van der Waals surface area (Å²) in [7, 11) is 0. The van der Waals surface area contributed by atoms with E-state index in [9.17, 15) is 9.18 Å². The zero-order chi connectivity index (χ0) is 20.0. The molecule has 4 aromatic rings. The zero-order valence-corrected chi connectivity index (χ0v) is 15.6. The summed E-state index contributed by atoms with van der Waals surface area (Å²) in [5.74, 6) is 0.0568. The van der Waals surface area contributed by atoms with E-state index in [1.54, 1.807) is 19.1 Å². The van der Waals surface area contributed by atoms with Gasteiger partial charge in [-0.2, -0.15) is 0 Å². The van der Waals surface area contributed by atoms with E-state index in [1.807, 2.05) is 28.9 Å². The van der Waals surface area contributed by atoms with E-state index in [0.29, 0.717) is 39.7 Å². The Kier molecular flexibility index (Phi) is 4.04. The smallest absolute Gasteiger partial charge is 0.257 e. The van der Waals surface area contributed by atoms with E-state index in [4.69, 9.17) is 0 Å². The Hall–Kier alpha value is -3.68. The van der Waals surface area contributed by atoms with Gasteiger partial charge in [-0.05, 0) is 60.5 Å². The molecule has 1 aliphatic carbocycles. The lowest BCUT2D eigenvalue weighted by Gasteiger charge is -2.10. The van der Waals surface area contributed by atoms with Crippen molar-refractivity contribution in [1.29, 1.82) is 0 Å². The second-order valence-corrected chi connectivity index (χ2v) is 7.17. The average molecular weight is 388 g/mol. The van der Waals surface area contributed by atoms with Crippen molar-refractivity contribution in [2.45, 2.75) is 25.8 Å². The highest BCUT2D eigenvalue weighted by Gasteiger charge is 2.28. The number of tetrazole rings is 1. The highest BCUT2D eigenvalue weighted by atomic mass is 19.1. The summed E-state index contributed by atoms with van der Waals surface area (Å²) in [6.45, 7) is 1.74. The van der Waals surface area contributed by atoms with Gasteiger partial charge < -0.3 is 5.32 Å². The molecule has 29 heavy (non-hydrogen) atoms. The van der Waals surface area contributed by atoms with Crippen LogP contribution < -0.4 is 5.32 Å². The molecule has 0 radical (unpaired) electrons. The maximum absolute atomic E-state index is 13.4. The van der Waals surface area contributed by atoms with Gasteiger partial charge in [0.2, 0.25) is 0 Å². The predicted octanol–water partition coefficient (Wildman–Crippen LogP) is 3.92. The fourth-order valence-corrected chi connectivity index (χ4v) is 3.35. The molecule has 0 bridgehead atoms. The number of aryl methyl sites for hydroxylation is 1. The van der Waals surface area contributed by atoms with Crippen LogP contribution in [-0.4, -0.2) is 31.1 Å². The molecule has 1 amide bonds. The number of anilines is 1. The number of rotatable bonds is 4. The van der Waals surface area contributed by atoms with Gasteiger partial charge in [-0.3, -0.25) is 9.78 Å². The molecule has 7 nitrogen and oxygen atoms in total. The van der Waals surface area contributed by atoms with E-state index in [-0.39, 0.29) is 11.7 Å². The van der Waals surface area contributed by atoms with Crippen LogP contribution in [0.2, 0.25) is 0 Å². The highest BCUT2D eigenvalue weighted by Crippen LogP contribution is 2.36. The van der Waals surface area contributed by atoms with Gasteiger partial charge in [-0.1, -0.05) is 12.1 Å². The van der Waals surface area contributed by atoms with Crippen molar-refractivity contribution < 1.29 is 9.18 Å². The molecule has 0 unspecified atom stereocenters. The van der Waals surface area contributed by atoms with Gasteiger partial charge in [0, 0.05) is 22.7 Å². The van der Waals surface area contributed by atoms with Crippen LogP contribution in [0.3, 0.4) is 0 Å². The lowest BCUT2D eigenvalue weighted by Crippen LogP contribution is -2.14. The molecule has 0 atom stereocenters. The summed E-state index contributed by atoms with van der Waals surface area (Å²) in [6.07, 6.45) is 2.15. The molecular formula is C21H17FN6O. The third kappa shape index (κ3) is 3.33. The predicted molar refractivity (Wildman–Crippen MR) is 106 cm³/mol. The van der Waals surface area contributed by atoms with Crippen molar-refractivity contribution in [2.24, 2.45) is 0 Å². The van der Waals surface area contributed by atoms with Gasteiger partial charge in [0.1, 0.15) is 5.82 Å². The molecule has 1 N–H and O–H groups in total. The Bertz CT molecular complexity index is 1250. The van der Waals surface area contributed by atoms with Crippen LogP contribution in [0.5, 0.6) is 0 Å². The molecular weight excluding hydrogens is 371 g/mol. The van der Waals surface area contributed by atoms with Crippen LogP contribution in [0.25, 0.3) is 22.3 Å². The van der Waals surface area contributed by atoms with Crippen molar-refractivity contribution in [3.05, 3.63) is 65.6 Å². The number of nitrogens with one attached hydrogen (secondary N) is 1. The summed E-state index contributed by atoms with van der Waals surface area (Å²) >= 11 is 0. The lowest BCUT2D eigenvalue weighted by molar-refractivity contribution is 0.102. The zero-order valence-electron chi connectivity index (χ0n) is 15.6. The molecule has 2 aromatic carbocycles. The first-order chi connectivity index (χ1) is 14.1. The van der Waals surface area contributed by atoms with Crippen LogP contribution in [0.4, 0.5) is 10.1 Å². The lowest BCUT2D eigenvalue weighted by atomic mass is 10.1. The highest BCUT2D eigenvalue weighted by molar-refractivity contribution is 6.07. The average Bonchev–Trinajstić information content (AvgIpc) is 3.43. The summed E-state index contributed by atoms with van der Waals surface area (Å²) in [4.78, 5) is 17.2. The Balaban J connectivity index is 1.44. The fraction of sp³-hybridized carbons (Fsp3) is 0.190. The van der Waals surface area contributed by atoms with E-state index in [2.05, 4.69) is 25.8 Å². The summed E-state index contributed by atoms with van der Waals surface area (Å²) in [6, 6.07) is 13.8. The number of amides is 1. The van der Waals surface area contributed by atoms with Crippen molar-refractivity contribution in [3.8, 4) is 11.4 Å². The van der Waals surface area contributed by atoms with Gasteiger partial charge in [-0.25, -0.2) is 9.07 Å². The van der Waals surface area contributed by atoms with Gasteiger partial charge in [0.25, 0.3) is 5.91 Å². The minimum absolute atomic E-state index is 0.278. The number of nitrogens with zero attached hydrogens (tertiary/aromatic N) is 5. The second kappa shape index (κ2) is 6.73. The maximum Gasteiger partial charge on any atom is 0.257 e. The summed E-state index contributed by atoms with van der Waals surface area (Å²) in [5.41, 5.74) is 2.97. The van der Waals surface area contributed by atoms with Crippen LogP contribution >= 0.6 is 0 Å². The van der Waals surface area contributed by atoms with E-state index < -0.39 is 0 Å². The first-order valence-corrected chi connectivity index (χ1v) is 9.35. The topological polar surface area (TPSA) is 85.6 Å². The Morgan fingerprint density at radius 2 is 2.03 bits per heavy atom. The second-order valence-electron chi connectivity index (χ2n) is 7.17. The number of pyridine rings is 1. The Labute approximate surface area is 165 Å². The molecule has 144 valence electrons. The quantitative estimate of drug-likeness (QED) is 0.573. The molecule has 0 aliphatic heterocycles. The number of fused-ring (bicyclic) bond motifs is 1. The molecule has 1 saturated carbocycles. The van der Waals surface area contributed by atoms with Gasteiger partial charge >= 0.3 is 0 Å². The van der Waals surface area contributed by atoms with Crippen LogP contribution in [-0.2, 0) is 0 Å². The first kappa shape index (κ1) is 17.4. The monoisotopic (exact) mass is 388 g/mol. The SMILES string of the molecule is Cc1nc2cc(F)ccc2cc1C(=O)Nc1cccc(-c2nnnn2C2CC2)c1. The van der Waals surface area contributed by atoms with E-state index in [0.717, 1.165) is 18.4 Å². The minimum atomic E-state index is -0.355. The van der Waals surface area contributed by atoms with Crippen molar-refractivity contribution >= 4 is 22.5 Å². The maximum atomic E-state index is 13.4. The number of hydrogen-bond acceptors (Lipinski definition) is 5. The molecule has 1 fully saturated rings. The van der Waals surface area contributed by atoms with E-state index >= 15 is 0 Å². The molecule has 1 aliphatic rings. The molecule has 0 saturated heterocycles. The molecule has 8 heteroatoms. The largest absolute Gasteiger partial charge is 0.322 e. The molecule has 2 aromatic heterocycles. The molecule has 5 rings (SSSR count). The number of benzene rings is 2. The Morgan fingerprint density at radius 3 is 2.86 bits per heavy atom. The fourth-order valence-electron chi connectivity index (χ4n) is 3.35. The first-order valence-electron chi connectivity index (χ1n) is 9.35. The number of aromatic nitrogens is 5. The van der Waals surface area contributed by atoms with Gasteiger partial charge in [-0.15, -0.1) is 5.10 Å². The number of carbonyl (C=O) groups is 1.